The number of carboxylic acids is 1. The van der Waals surface area contributed by atoms with Crippen LogP contribution in [-0.2, 0) is 14.3 Å². The third-order valence-electron chi connectivity index (χ3n) is 3.56. The molecule has 0 radical (unpaired) electrons. The van der Waals surface area contributed by atoms with Gasteiger partial charge in [0.2, 0.25) is 0 Å². The van der Waals surface area contributed by atoms with E-state index in [2.05, 4.69) is 10.2 Å². The first-order valence-electron chi connectivity index (χ1n) is 8.30. The molecule has 7 nitrogen and oxygen atoms in total. The van der Waals surface area contributed by atoms with Gasteiger partial charge in [0, 0.05) is 13.1 Å². The number of ether oxygens (including phenoxy) is 2. The Balaban J connectivity index is 2.20. The summed E-state index contributed by atoms with van der Waals surface area (Å²) in [6.07, 6.45) is 2.46. The Hall–Kier alpha value is -1.34. The van der Waals surface area contributed by atoms with Crippen molar-refractivity contribution < 1.29 is 24.2 Å². The van der Waals surface area contributed by atoms with Crippen LogP contribution < -0.4 is 5.32 Å². The van der Waals surface area contributed by atoms with E-state index in [1.807, 2.05) is 0 Å². The maximum absolute atomic E-state index is 11.7. The number of aliphatic carboxylic acids is 1. The minimum Gasteiger partial charge on any atom is -0.480 e. The molecule has 1 atom stereocenters. The van der Waals surface area contributed by atoms with Crippen molar-refractivity contribution in [3.05, 3.63) is 0 Å². The standard InChI is InChI=1S/C16H30N2O5/c1-16(2,3)23-15(21)17-13(14(19)20)7-5-4-6-8-18-9-11-22-12-10-18/h13H,4-12H2,1-3H3,(H,17,21)(H,19,20)/t13-/m0/s1. The highest BCUT2D eigenvalue weighted by molar-refractivity contribution is 5.79. The molecule has 0 spiro atoms. The van der Waals surface area contributed by atoms with Gasteiger partial charge in [0.15, 0.2) is 0 Å². The number of carboxylic acid groups (broad SMARTS) is 1. The summed E-state index contributed by atoms with van der Waals surface area (Å²) in [4.78, 5) is 25.2. The average molecular weight is 330 g/mol. The van der Waals surface area contributed by atoms with Gasteiger partial charge in [-0.1, -0.05) is 12.8 Å². The largest absolute Gasteiger partial charge is 0.480 e. The van der Waals surface area contributed by atoms with Crippen LogP contribution in [0.25, 0.3) is 0 Å². The van der Waals surface area contributed by atoms with Crippen molar-refractivity contribution in [1.82, 2.24) is 10.2 Å². The quantitative estimate of drug-likeness (QED) is 0.661. The fourth-order valence-corrected chi connectivity index (χ4v) is 2.39. The first-order chi connectivity index (χ1) is 10.8. The predicted molar refractivity (Wildman–Crippen MR) is 86.5 cm³/mol. The maximum atomic E-state index is 11.7. The number of nitrogens with one attached hydrogen (secondary N) is 1. The Bertz CT molecular complexity index is 375. The molecule has 1 fully saturated rings. The summed E-state index contributed by atoms with van der Waals surface area (Å²) in [6.45, 7) is 9.77. The van der Waals surface area contributed by atoms with Crippen LogP contribution >= 0.6 is 0 Å². The van der Waals surface area contributed by atoms with E-state index in [0.717, 1.165) is 52.1 Å². The van der Waals surface area contributed by atoms with Crippen molar-refractivity contribution in [2.24, 2.45) is 0 Å². The molecule has 1 aliphatic heterocycles. The lowest BCUT2D eigenvalue weighted by atomic mass is 10.1. The lowest BCUT2D eigenvalue weighted by Crippen LogP contribution is -2.43. The summed E-state index contributed by atoms with van der Waals surface area (Å²) in [5.41, 5.74) is -0.634. The van der Waals surface area contributed by atoms with Gasteiger partial charge in [0.1, 0.15) is 11.6 Å². The Labute approximate surface area is 138 Å². The topological polar surface area (TPSA) is 88.1 Å². The highest BCUT2D eigenvalue weighted by atomic mass is 16.6. The second-order valence-corrected chi connectivity index (χ2v) is 6.84. The van der Waals surface area contributed by atoms with Gasteiger partial charge in [0.05, 0.1) is 13.2 Å². The molecule has 1 aliphatic rings. The molecule has 0 aromatic rings. The van der Waals surface area contributed by atoms with E-state index >= 15 is 0 Å². The van der Waals surface area contributed by atoms with Gasteiger partial charge in [-0.25, -0.2) is 9.59 Å². The molecule has 0 aliphatic carbocycles. The van der Waals surface area contributed by atoms with E-state index < -0.39 is 23.7 Å². The fourth-order valence-electron chi connectivity index (χ4n) is 2.39. The van der Waals surface area contributed by atoms with Gasteiger partial charge in [0.25, 0.3) is 0 Å². The van der Waals surface area contributed by atoms with Gasteiger partial charge < -0.3 is 19.9 Å². The number of amides is 1. The minimum atomic E-state index is -1.02. The lowest BCUT2D eigenvalue weighted by Gasteiger charge is -2.26. The van der Waals surface area contributed by atoms with E-state index in [0.29, 0.717) is 6.42 Å². The molecule has 0 saturated carbocycles. The smallest absolute Gasteiger partial charge is 0.408 e. The first kappa shape index (κ1) is 19.7. The highest BCUT2D eigenvalue weighted by Gasteiger charge is 2.23. The van der Waals surface area contributed by atoms with E-state index in [1.54, 1.807) is 20.8 Å². The molecule has 134 valence electrons. The van der Waals surface area contributed by atoms with Crippen LogP contribution in [0, 0.1) is 0 Å². The summed E-state index contributed by atoms with van der Waals surface area (Å²) in [5.74, 6) is -1.02. The molecule has 0 bridgehead atoms. The molecule has 1 rings (SSSR count). The van der Waals surface area contributed by atoms with Crippen LogP contribution in [0.1, 0.15) is 46.5 Å². The SMILES string of the molecule is CC(C)(C)OC(=O)N[C@@H](CCCCCN1CCOCC1)C(=O)O. The number of alkyl carbamates (subject to hydrolysis) is 1. The third-order valence-corrected chi connectivity index (χ3v) is 3.56. The van der Waals surface area contributed by atoms with Gasteiger partial charge in [-0.3, -0.25) is 4.90 Å². The maximum Gasteiger partial charge on any atom is 0.408 e. The fraction of sp³-hybridized carbons (Fsp3) is 0.875. The Morgan fingerprint density at radius 1 is 1.22 bits per heavy atom. The molecule has 0 unspecified atom stereocenters. The molecule has 1 saturated heterocycles. The van der Waals surface area contributed by atoms with Crippen molar-refractivity contribution in [2.45, 2.75) is 58.1 Å². The highest BCUT2D eigenvalue weighted by Crippen LogP contribution is 2.09. The third kappa shape index (κ3) is 9.40. The number of nitrogens with zero attached hydrogens (tertiary/aromatic N) is 1. The number of carbonyl (C=O) groups excluding carboxylic acids is 1. The van der Waals surface area contributed by atoms with Crippen molar-refractivity contribution >= 4 is 12.1 Å². The second-order valence-electron chi connectivity index (χ2n) is 6.84. The molecule has 0 aromatic heterocycles. The number of rotatable bonds is 8. The molecule has 23 heavy (non-hydrogen) atoms. The summed E-state index contributed by atoms with van der Waals surface area (Å²) in [7, 11) is 0. The number of hydrogen-bond donors (Lipinski definition) is 2. The summed E-state index contributed by atoms with van der Waals surface area (Å²) in [6, 6.07) is -0.895. The van der Waals surface area contributed by atoms with Crippen LogP contribution in [0.2, 0.25) is 0 Å². The number of morpholine rings is 1. The Morgan fingerprint density at radius 2 is 1.87 bits per heavy atom. The molecule has 2 N–H and O–H groups in total. The van der Waals surface area contributed by atoms with E-state index in [9.17, 15) is 14.7 Å². The van der Waals surface area contributed by atoms with Gasteiger partial charge in [-0.05, 0) is 40.2 Å². The van der Waals surface area contributed by atoms with Gasteiger partial charge >= 0.3 is 12.1 Å². The van der Waals surface area contributed by atoms with Crippen LogP contribution in [-0.4, -0.2) is 66.6 Å². The van der Waals surface area contributed by atoms with Crippen LogP contribution in [0.4, 0.5) is 4.79 Å². The molecule has 0 aromatic carbocycles. The second kappa shape index (κ2) is 9.72. The minimum absolute atomic E-state index is 0.414. The molecular formula is C16H30N2O5. The zero-order valence-corrected chi connectivity index (χ0v) is 14.5. The predicted octanol–water partition coefficient (Wildman–Crippen LogP) is 1.86. The summed E-state index contributed by atoms with van der Waals surface area (Å²) < 4.78 is 10.4. The molecule has 1 amide bonds. The van der Waals surface area contributed by atoms with Crippen LogP contribution in [0.3, 0.4) is 0 Å². The van der Waals surface area contributed by atoms with Crippen molar-refractivity contribution in [1.29, 1.82) is 0 Å². The zero-order valence-electron chi connectivity index (χ0n) is 14.5. The number of carbonyl (C=O) groups is 2. The number of unbranched alkanes of at least 4 members (excludes halogenated alkanes) is 2. The average Bonchev–Trinajstić information content (AvgIpc) is 2.44. The first-order valence-corrected chi connectivity index (χ1v) is 8.30. The van der Waals surface area contributed by atoms with Gasteiger partial charge in [-0.15, -0.1) is 0 Å². The lowest BCUT2D eigenvalue weighted by molar-refractivity contribution is -0.139. The number of hydrogen-bond acceptors (Lipinski definition) is 5. The normalized spacial score (nSPS) is 17.5. The molecule has 1 heterocycles. The zero-order chi connectivity index (χ0) is 17.3. The van der Waals surface area contributed by atoms with Crippen molar-refractivity contribution in [3.63, 3.8) is 0 Å². The Kier molecular flexibility index (Phi) is 8.33. The van der Waals surface area contributed by atoms with E-state index in [4.69, 9.17) is 9.47 Å². The van der Waals surface area contributed by atoms with E-state index in [-0.39, 0.29) is 0 Å². The van der Waals surface area contributed by atoms with E-state index in [1.165, 1.54) is 0 Å². The summed E-state index contributed by atoms with van der Waals surface area (Å²) in [5, 5.41) is 11.6. The molecular weight excluding hydrogens is 300 g/mol. The van der Waals surface area contributed by atoms with Crippen molar-refractivity contribution in [3.8, 4) is 0 Å². The Morgan fingerprint density at radius 3 is 2.43 bits per heavy atom. The monoisotopic (exact) mass is 330 g/mol. The van der Waals surface area contributed by atoms with Crippen molar-refractivity contribution in [2.75, 3.05) is 32.8 Å². The summed E-state index contributed by atoms with van der Waals surface area (Å²) >= 11 is 0. The van der Waals surface area contributed by atoms with Gasteiger partial charge in [-0.2, -0.15) is 0 Å². The molecule has 7 heteroatoms. The van der Waals surface area contributed by atoms with Crippen LogP contribution in [0.15, 0.2) is 0 Å². The van der Waals surface area contributed by atoms with Crippen LogP contribution in [0.5, 0.6) is 0 Å².